The van der Waals surface area contributed by atoms with Crippen LogP contribution >= 0.6 is 11.6 Å². The maximum atomic E-state index is 10.3. The van der Waals surface area contributed by atoms with E-state index >= 15 is 0 Å². The van der Waals surface area contributed by atoms with Crippen LogP contribution in [-0.4, -0.2) is 44.2 Å². The fourth-order valence-corrected chi connectivity index (χ4v) is 5.48. The SMILES string of the molecule is OC1c2ccc(Cl)cc2CC1c1ncc[nH]1.OC1c2ccccc2CC1N1CCCC1. The number of hydrogen-bond acceptors (Lipinski definition) is 4. The van der Waals surface area contributed by atoms with Crippen molar-refractivity contribution in [2.75, 3.05) is 13.1 Å². The van der Waals surface area contributed by atoms with Gasteiger partial charge in [-0.2, -0.15) is 0 Å². The summed E-state index contributed by atoms with van der Waals surface area (Å²) in [6.45, 7) is 2.32. The lowest BCUT2D eigenvalue weighted by atomic mass is 10.0. The van der Waals surface area contributed by atoms with Gasteiger partial charge in [-0.1, -0.05) is 41.9 Å². The van der Waals surface area contributed by atoms with Gasteiger partial charge in [-0.15, -0.1) is 0 Å². The fraction of sp³-hybridized carbons (Fsp3) is 0.400. The molecule has 0 spiro atoms. The molecule has 1 aliphatic heterocycles. The molecule has 2 aromatic carbocycles. The van der Waals surface area contributed by atoms with Crippen molar-refractivity contribution >= 4 is 11.6 Å². The van der Waals surface area contributed by atoms with Crippen LogP contribution in [-0.2, 0) is 12.8 Å². The first-order chi connectivity index (χ1) is 15.1. The Hall–Kier alpha value is -2.18. The van der Waals surface area contributed by atoms with E-state index in [1.54, 1.807) is 12.4 Å². The Morgan fingerprint density at radius 3 is 2.45 bits per heavy atom. The van der Waals surface area contributed by atoms with E-state index in [4.69, 9.17) is 11.6 Å². The van der Waals surface area contributed by atoms with E-state index < -0.39 is 6.10 Å². The summed E-state index contributed by atoms with van der Waals surface area (Å²) >= 11 is 5.94. The second kappa shape index (κ2) is 8.75. The number of benzene rings is 2. The van der Waals surface area contributed by atoms with E-state index in [1.165, 1.54) is 18.4 Å². The van der Waals surface area contributed by atoms with Crippen LogP contribution in [0.4, 0.5) is 0 Å². The quantitative estimate of drug-likeness (QED) is 0.562. The summed E-state index contributed by atoms with van der Waals surface area (Å²) in [5.74, 6) is 0.850. The fourth-order valence-electron chi connectivity index (χ4n) is 5.29. The molecular formula is C25H28ClN3O2. The average Bonchev–Trinajstić information content (AvgIpc) is 3.56. The van der Waals surface area contributed by atoms with Crippen LogP contribution in [0.25, 0.3) is 0 Å². The largest absolute Gasteiger partial charge is 0.388 e. The molecule has 3 aliphatic rings. The average molecular weight is 438 g/mol. The van der Waals surface area contributed by atoms with Gasteiger partial charge in [0.1, 0.15) is 5.82 Å². The highest BCUT2D eigenvalue weighted by Gasteiger charge is 2.36. The molecule has 162 valence electrons. The summed E-state index contributed by atoms with van der Waals surface area (Å²) in [5, 5.41) is 21.2. The molecule has 4 atom stereocenters. The highest BCUT2D eigenvalue weighted by atomic mass is 35.5. The molecule has 6 rings (SSSR count). The first-order valence-corrected chi connectivity index (χ1v) is 11.4. The lowest BCUT2D eigenvalue weighted by Crippen LogP contribution is -2.35. The third-order valence-electron chi connectivity index (χ3n) is 6.89. The van der Waals surface area contributed by atoms with Gasteiger partial charge in [0, 0.05) is 23.5 Å². The lowest BCUT2D eigenvalue weighted by molar-refractivity contribution is 0.0750. The normalized spacial score (nSPS) is 26.9. The maximum absolute atomic E-state index is 10.3. The summed E-state index contributed by atoms with van der Waals surface area (Å²) in [7, 11) is 0. The van der Waals surface area contributed by atoms with E-state index in [2.05, 4.69) is 33.1 Å². The number of nitrogens with one attached hydrogen (secondary N) is 1. The monoisotopic (exact) mass is 437 g/mol. The van der Waals surface area contributed by atoms with E-state index in [-0.39, 0.29) is 12.0 Å². The Kier molecular flexibility index (Phi) is 5.85. The molecule has 2 aliphatic carbocycles. The molecule has 3 N–H and O–H groups in total. The number of aliphatic hydroxyl groups excluding tert-OH is 2. The van der Waals surface area contributed by atoms with Crippen molar-refractivity contribution in [3.8, 4) is 0 Å². The molecule has 0 saturated carbocycles. The standard InChI is InChI=1S/C13H17NO.C12H11ClN2O/c15-13-11-6-2-1-5-10(11)9-12(13)14-7-3-4-8-14;13-8-1-2-9-7(5-8)6-10(11(9)16)12-14-3-4-15-12/h1-2,5-6,12-13,15H,3-4,7-9H2;1-5,10-11,16H,6H2,(H,14,15). The second-order valence-corrected chi connectivity index (χ2v) is 9.17. The second-order valence-electron chi connectivity index (χ2n) is 8.73. The number of aromatic nitrogens is 2. The van der Waals surface area contributed by atoms with E-state index in [0.29, 0.717) is 11.1 Å². The zero-order chi connectivity index (χ0) is 21.4. The van der Waals surface area contributed by atoms with Crippen LogP contribution in [0.15, 0.2) is 54.9 Å². The topological polar surface area (TPSA) is 72.4 Å². The number of rotatable bonds is 2. The zero-order valence-electron chi connectivity index (χ0n) is 17.4. The van der Waals surface area contributed by atoms with Gasteiger partial charge in [0.2, 0.25) is 0 Å². The smallest absolute Gasteiger partial charge is 0.112 e. The van der Waals surface area contributed by atoms with Crippen molar-refractivity contribution < 1.29 is 10.2 Å². The summed E-state index contributed by atoms with van der Waals surface area (Å²) < 4.78 is 0. The number of likely N-dealkylation sites (tertiary alicyclic amines) is 1. The number of hydrogen-bond donors (Lipinski definition) is 3. The molecule has 5 nitrogen and oxygen atoms in total. The van der Waals surface area contributed by atoms with Crippen LogP contribution in [0.1, 0.15) is 59.0 Å². The Balaban J connectivity index is 0.000000132. The number of nitrogens with zero attached hydrogens (tertiary/aromatic N) is 2. The highest BCUT2D eigenvalue weighted by molar-refractivity contribution is 6.30. The molecule has 3 aromatic rings. The molecular weight excluding hydrogens is 410 g/mol. The first kappa shape index (κ1) is 20.7. The Morgan fingerprint density at radius 2 is 1.71 bits per heavy atom. The molecule has 2 heterocycles. The van der Waals surface area contributed by atoms with E-state index in [9.17, 15) is 10.2 Å². The van der Waals surface area contributed by atoms with E-state index in [1.807, 2.05) is 24.3 Å². The molecule has 1 aromatic heterocycles. The molecule has 0 amide bonds. The van der Waals surface area contributed by atoms with Crippen molar-refractivity contribution in [1.82, 2.24) is 14.9 Å². The maximum Gasteiger partial charge on any atom is 0.112 e. The van der Waals surface area contributed by atoms with Gasteiger partial charge in [0.25, 0.3) is 0 Å². The minimum absolute atomic E-state index is 0.0171. The number of halogens is 1. The summed E-state index contributed by atoms with van der Waals surface area (Å²) in [6, 6.07) is 14.3. The summed E-state index contributed by atoms with van der Waals surface area (Å²) in [6.07, 6.45) is 7.12. The predicted octanol–water partition coefficient (Wildman–Crippen LogP) is 4.18. The van der Waals surface area contributed by atoms with Crippen LogP contribution in [0.5, 0.6) is 0 Å². The van der Waals surface area contributed by atoms with Gasteiger partial charge < -0.3 is 15.2 Å². The van der Waals surface area contributed by atoms with Crippen molar-refractivity contribution in [1.29, 1.82) is 0 Å². The van der Waals surface area contributed by atoms with Crippen molar-refractivity contribution in [2.45, 2.75) is 49.9 Å². The summed E-state index contributed by atoms with van der Waals surface area (Å²) in [5.41, 5.74) is 4.56. The van der Waals surface area contributed by atoms with Crippen LogP contribution < -0.4 is 0 Å². The first-order valence-electron chi connectivity index (χ1n) is 11.1. The molecule has 4 unspecified atom stereocenters. The van der Waals surface area contributed by atoms with Crippen molar-refractivity contribution in [2.24, 2.45) is 0 Å². The van der Waals surface area contributed by atoms with Gasteiger partial charge in [-0.3, -0.25) is 4.90 Å². The highest BCUT2D eigenvalue weighted by Crippen LogP contribution is 2.42. The Bertz CT molecular complexity index is 1030. The third kappa shape index (κ3) is 4.03. The van der Waals surface area contributed by atoms with Gasteiger partial charge in [0.05, 0.1) is 18.1 Å². The zero-order valence-corrected chi connectivity index (χ0v) is 18.2. The lowest BCUT2D eigenvalue weighted by Gasteiger charge is -2.26. The van der Waals surface area contributed by atoms with Crippen molar-refractivity contribution in [3.05, 3.63) is 88.0 Å². The van der Waals surface area contributed by atoms with Crippen LogP contribution in [0, 0.1) is 0 Å². The Labute approximate surface area is 187 Å². The van der Waals surface area contributed by atoms with Crippen LogP contribution in [0.2, 0.25) is 5.02 Å². The number of imidazole rings is 1. The summed E-state index contributed by atoms with van der Waals surface area (Å²) in [4.78, 5) is 9.71. The molecule has 31 heavy (non-hydrogen) atoms. The van der Waals surface area contributed by atoms with Gasteiger partial charge in [-0.05, 0) is 73.2 Å². The Morgan fingerprint density at radius 1 is 0.935 bits per heavy atom. The van der Waals surface area contributed by atoms with Gasteiger partial charge in [-0.25, -0.2) is 4.98 Å². The molecule has 0 radical (unpaired) electrons. The minimum Gasteiger partial charge on any atom is -0.388 e. The number of aromatic amines is 1. The molecule has 1 fully saturated rings. The minimum atomic E-state index is -0.488. The van der Waals surface area contributed by atoms with Gasteiger partial charge in [0.15, 0.2) is 0 Å². The van der Waals surface area contributed by atoms with Gasteiger partial charge >= 0.3 is 0 Å². The third-order valence-corrected chi connectivity index (χ3v) is 7.13. The number of aliphatic hydroxyl groups is 2. The van der Waals surface area contributed by atoms with E-state index in [0.717, 1.165) is 48.4 Å². The number of fused-ring (bicyclic) bond motifs is 2. The van der Waals surface area contributed by atoms with Crippen molar-refractivity contribution in [3.63, 3.8) is 0 Å². The molecule has 0 bridgehead atoms. The molecule has 1 saturated heterocycles. The molecule has 6 heteroatoms. The number of H-pyrrole nitrogens is 1. The predicted molar refractivity (Wildman–Crippen MR) is 121 cm³/mol. The van der Waals surface area contributed by atoms with Crippen LogP contribution in [0.3, 0.4) is 0 Å².